The topological polar surface area (TPSA) is 72.2 Å². The molecule has 1 saturated heterocycles. The maximum atomic E-state index is 3.14. The number of hydrogen-bond donors (Lipinski definition) is 6. The molecule has 23 heavy (non-hydrogen) atoms. The molecule has 0 amide bonds. The SMILES string of the molecule is C1CCCCCCCCNNNNNNCCCCCCCC1. The molecule has 0 aliphatic carbocycles. The summed E-state index contributed by atoms with van der Waals surface area (Å²) in [6.07, 6.45) is 20.7. The summed E-state index contributed by atoms with van der Waals surface area (Å²) >= 11 is 0. The summed E-state index contributed by atoms with van der Waals surface area (Å²) in [6, 6.07) is 0. The minimum Gasteiger partial charge on any atom is -0.243 e. The fourth-order valence-electron chi connectivity index (χ4n) is 3.00. The van der Waals surface area contributed by atoms with Crippen LogP contribution in [-0.2, 0) is 0 Å². The van der Waals surface area contributed by atoms with E-state index in [9.17, 15) is 0 Å². The van der Waals surface area contributed by atoms with Gasteiger partial charge in [-0.05, 0) is 12.8 Å². The van der Waals surface area contributed by atoms with Crippen LogP contribution in [0.25, 0.3) is 0 Å². The first-order valence-corrected chi connectivity index (χ1v) is 9.96. The Morgan fingerprint density at radius 2 is 0.522 bits per heavy atom. The van der Waals surface area contributed by atoms with Crippen molar-refractivity contribution in [1.29, 1.82) is 0 Å². The van der Waals surface area contributed by atoms with Crippen molar-refractivity contribution in [3.63, 3.8) is 0 Å². The molecule has 138 valence electrons. The average molecular weight is 329 g/mol. The van der Waals surface area contributed by atoms with Gasteiger partial charge in [0.15, 0.2) is 0 Å². The molecule has 0 unspecified atom stereocenters. The quantitative estimate of drug-likeness (QED) is 0.411. The summed E-state index contributed by atoms with van der Waals surface area (Å²) in [5.41, 5.74) is 17.8. The predicted octanol–water partition coefficient (Wildman–Crippen LogP) is 2.96. The lowest BCUT2D eigenvalue weighted by Gasteiger charge is -2.11. The van der Waals surface area contributed by atoms with Crippen LogP contribution >= 0.6 is 0 Å². The van der Waals surface area contributed by atoms with Crippen molar-refractivity contribution >= 4 is 0 Å². The lowest BCUT2D eigenvalue weighted by molar-refractivity contribution is 0.292. The zero-order valence-corrected chi connectivity index (χ0v) is 15.0. The Labute approximate surface area is 143 Å². The third-order valence-electron chi connectivity index (χ3n) is 4.47. The molecule has 1 aliphatic rings. The van der Waals surface area contributed by atoms with Gasteiger partial charge in [-0.15, -0.1) is 0 Å². The smallest absolute Gasteiger partial charge is 0.0113 e. The third kappa shape index (κ3) is 16.4. The van der Waals surface area contributed by atoms with Gasteiger partial charge in [-0.2, -0.15) is 22.1 Å². The molecule has 1 rings (SSSR count). The standard InChI is InChI=1S/C17H40N6/c1-2-4-6-8-10-12-14-16-18-20-22-23-21-19-17-15-13-11-9-7-5-3-1/h18-23H,1-17H2. The highest BCUT2D eigenvalue weighted by atomic mass is 15.8. The first-order valence-electron chi connectivity index (χ1n) is 9.96. The third-order valence-corrected chi connectivity index (χ3v) is 4.47. The van der Waals surface area contributed by atoms with Gasteiger partial charge in [-0.25, -0.2) is 10.9 Å². The highest BCUT2D eigenvalue weighted by Gasteiger charge is 1.95. The van der Waals surface area contributed by atoms with Gasteiger partial charge in [0.05, 0.1) is 0 Å². The normalized spacial score (nSPS) is 24.0. The number of hydrazine groups is 5. The van der Waals surface area contributed by atoms with Crippen LogP contribution in [0, 0.1) is 0 Å². The minimum absolute atomic E-state index is 0.988. The molecule has 0 aromatic rings. The lowest BCUT2D eigenvalue weighted by Crippen LogP contribution is -2.58. The average Bonchev–Trinajstić information content (AvgIpc) is 2.56. The fraction of sp³-hybridized carbons (Fsp3) is 1.00. The van der Waals surface area contributed by atoms with E-state index >= 15 is 0 Å². The van der Waals surface area contributed by atoms with Gasteiger partial charge in [0.25, 0.3) is 0 Å². The van der Waals surface area contributed by atoms with Crippen LogP contribution in [0.5, 0.6) is 0 Å². The minimum atomic E-state index is 0.988. The second kappa shape index (κ2) is 18.1. The number of rotatable bonds is 0. The van der Waals surface area contributed by atoms with E-state index in [2.05, 4.69) is 33.0 Å². The summed E-state index contributed by atoms with van der Waals surface area (Å²) < 4.78 is 0. The monoisotopic (exact) mass is 328 g/mol. The Morgan fingerprint density at radius 3 is 0.826 bits per heavy atom. The molecule has 6 nitrogen and oxygen atoms in total. The van der Waals surface area contributed by atoms with Gasteiger partial charge in [-0.3, -0.25) is 0 Å². The van der Waals surface area contributed by atoms with Crippen molar-refractivity contribution in [1.82, 2.24) is 33.0 Å². The number of hydrogen-bond acceptors (Lipinski definition) is 6. The van der Waals surface area contributed by atoms with Gasteiger partial charge in [0.1, 0.15) is 0 Å². The van der Waals surface area contributed by atoms with Crippen molar-refractivity contribution in [2.45, 2.75) is 96.3 Å². The zero-order chi connectivity index (χ0) is 16.3. The van der Waals surface area contributed by atoms with Crippen molar-refractivity contribution in [3.05, 3.63) is 0 Å². The highest BCUT2D eigenvalue weighted by Crippen LogP contribution is 2.13. The van der Waals surface area contributed by atoms with E-state index in [1.54, 1.807) is 0 Å². The Morgan fingerprint density at radius 1 is 0.261 bits per heavy atom. The molecule has 0 saturated carbocycles. The molecule has 0 atom stereocenters. The van der Waals surface area contributed by atoms with Crippen LogP contribution in [0.3, 0.4) is 0 Å². The largest absolute Gasteiger partial charge is 0.243 e. The summed E-state index contributed by atoms with van der Waals surface area (Å²) in [4.78, 5) is 0. The van der Waals surface area contributed by atoms with E-state index in [0.717, 1.165) is 13.1 Å². The molecular formula is C17H40N6. The first kappa shape index (κ1) is 20.8. The van der Waals surface area contributed by atoms with Crippen molar-refractivity contribution < 1.29 is 0 Å². The van der Waals surface area contributed by atoms with Crippen LogP contribution in [0.15, 0.2) is 0 Å². The highest BCUT2D eigenvalue weighted by molar-refractivity contribution is 4.51. The Balaban J connectivity index is 2.00. The van der Waals surface area contributed by atoms with Gasteiger partial charge < -0.3 is 0 Å². The number of nitrogens with one attached hydrogen (secondary N) is 6. The molecule has 0 spiro atoms. The van der Waals surface area contributed by atoms with Crippen LogP contribution in [-0.4, -0.2) is 13.1 Å². The van der Waals surface area contributed by atoms with Gasteiger partial charge in [0, 0.05) is 13.1 Å². The van der Waals surface area contributed by atoms with Crippen molar-refractivity contribution in [2.75, 3.05) is 13.1 Å². The van der Waals surface area contributed by atoms with Crippen molar-refractivity contribution in [3.8, 4) is 0 Å². The van der Waals surface area contributed by atoms with E-state index in [-0.39, 0.29) is 0 Å². The van der Waals surface area contributed by atoms with Gasteiger partial charge in [-0.1, -0.05) is 83.5 Å². The van der Waals surface area contributed by atoms with Crippen molar-refractivity contribution in [2.24, 2.45) is 0 Å². The molecule has 1 aliphatic heterocycles. The summed E-state index contributed by atoms with van der Waals surface area (Å²) in [5.74, 6) is 0. The molecule has 0 bridgehead atoms. The summed E-state index contributed by atoms with van der Waals surface area (Å²) in [5, 5.41) is 0. The van der Waals surface area contributed by atoms with E-state index in [1.807, 2.05) is 0 Å². The second-order valence-electron chi connectivity index (χ2n) is 6.66. The van der Waals surface area contributed by atoms with Crippen LogP contribution in [0.4, 0.5) is 0 Å². The van der Waals surface area contributed by atoms with Crippen LogP contribution < -0.4 is 33.0 Å². The van der Waals surface area contributed by atoms with E-state index in [0.29, 0.717) is 0 Å². The van der Waals surface area contributed by atoms with E-state index < -0.39 is 0 Å². The van der Waals surface area contributed by atoms with E-state index in [4.69, 9.17) is 0 Å². The fourth-order valence-corrected chi connectivity index (χ4v) is 3.00. The Hall–Kier alpha value is -0.240. The van der Waals surface area contributed by atoms with E-state index in [1.165, 1.54) is 96.3 Å². The Kier molecular flexibility index (Phi) is 16.4. The maximum Gasteiger partial charge on any atom is 0.0113 e. The maximum absolute atomic E-state index is 3.14. The Bertz CT molecular complexity index is 123. The van der Waals surface area contributed by atoms with Gasteiger partial charge in [0.2, 0.25) is 0 Å². The summed E-state index contributed by atoms with van der Waals surface area (Å²) in [6.45, 7) is 1.98. The molecular weight excluding hydrogens is 288 g/mol. The second-order valence-corrected chi connectivity index (χ2v) is 6.66. The lowest BCUT2D eigenvalue weighted by atomic mass is 10.0. The summed E-state index contributed by atoms with van der Waals surface area (Å²) in [7, 11) is 0. The molecule has 1 fully saturated rings. The predicted molar refractivity (Wildman–Crippen MR) is 97.8 cm³/mol. The van der Waals surface area contributed by atoms with Crippen LogP contribution in [0.2, 0.25) is 0 Å². The molecule has 0 radical (unpaired) electrons. The zero-order valence-electron chi connectivity index (χ0n) is 15.0. The molecule has 1 heterocycles. The molecule has 0 aromatic carbocycles. The van der Waals surface area contributed by atoms with Crippen LogP contribution in [0.1, 0.15) is 96.3 Å². The van der Waals surface area contributed by atoms with Gasteiger partial charge >= 0.3 is 0 Å². The molecule has 0 aromatic heterocycles. The first-order chi connectivity index (χ1) is 11.5. The molecule has 6 N–H and O–H groups in total. The molecule has 6 heteroatoms.